The fourth-order valence-corrected chi connectivity index (χ4v) is 3.51. The SMILES string of the molecule is CC(C)S(=O)(=O)c1ccc(CC(=O)NC2(C(=O)O)CCOC2)cc1. The van der Waals surface area contributed by atoms with Crippen LogP contribution in [0.4, 0.5) is 0 Å². The maximum Gasteiger partial charge on any atom is 0.331 e. The van der Waals surface area contributed by atoms with Gasteiger partial charge in [0, 0.05) is 13.0 Å². The van der Waals surface area contributed by atoms with Crippen LogP contribution in [0.1, 0.15) is 25.8 Å². The smallest absolute Gasteiger partial charge is 0.331 e. The molecule has 1 aliphatic rings. The van der Waals surface area contributed by atoms with Crippen LogP contribution in [0.15, 0.2) is 29.2 Å². The number of carbonyl (C=O) groups excluding carboxylic acids is 1. The summed E-state index contributed by atoms with van der Waals surface area (Å²) < 4.78 is 29.2. The van der Waals surface area contributed by atoms with Crippen LogP contribution in [-0.4, -0.2) is 49.4 Å². The number of aliphatic carboxylic acids is 1. The molecule has 0 aromatic heterocycles. The van der Waals surface area contributed by atoms with Gasteiger partial charge in [0.15, 0.2) is 15.4 Å². The summed E-state index contributed by atoms with van der Waals surface area (Å²) in [7, 11) is -3.36. The first-order chi connectivity index (χ1) is 11.2. The van der Waals surface area contributed by atoms with Crippen molar-refractivity contribution in [3.05, 3.63) is 29.8 Å². The number of sulfone groups is 1. The third kappa shape index (κ3) is 3.76. The Morgan fingerprint density at radius 3 is 2.38 bits per heavy atom. The average Bonchev–Trinajstić information content (AvgIpc) is 2.97. The molecule has 1 amide bonds. The van der Waals surface area contributed by atoms with E-state index in [1.165, 1.54) is 12.1 Å². The summed E-state index contributed by atoms with van der Waals surface area (Å²) in [5.74, 6) is -1.56. The first-order valence-corrected chi connectivity index (χ1v) is 9.17. The number of rotatable bonds is 6. The van der Waals surface area contributed by atoms with Gasteiger partial charge in [0.1, 0.15) is 0 Å². The molecule has 0 radical (unpaired) electrons. The van der Waals surface area contributed by atoms with Gasteiger partial charge in [-0.1, -0.05) is 12.1 Å². The maximum atomic E-state index is 12.1. The summed E-state index contributed by atoms with van der Waals surface area (Å²) in [5.41, 5.74) is -0.771. The van der Waals surface area contributed by atoms with Crippen molar-refractivity contribution in [1.29, 1.82) is 0 Å². The molecule has 2 N–H and O–H groups in total. The molecule has 24 heavy (non-hydrogen) atoms. The maximum absolute atomic E-state index is 12.1. The topological polar surface area (TPSA) is 110 Å². The number of hydrogen-bond acceptors (Lipinski definition) is 5. The molecular formula is C16H21NO6S. The Labute approximate surface area is 140 Å². The van der Waals surface area contributed by atoms with E-state index in [4.69, 9.17) is 4.74 Å². The van der Waals surface area contributed by atoms with Crippen molar-refractivity contribution in [3.8, 4) is 0 Å². The first kappa shape index (κ1) is 18.4. The molecule has 7 nitrogen and oxygen atoms in total. The fraction of sp³-hybridized carbons (Fsp3) is 0.500. The molecule has 1 aromatic carbocycles. The molecule has 1 fully saturated rings. The van der Waals surface area contributed by atoms with Crippen LogP contribution in [-0.2, 0) is 30.6 Å². The normalized spacial score (nSPS) is 21.0. The number of nitrogens with one attached hydrogen (secondary N) is 1. The number of carboxylic acid groups (broad SMARTS) is 1. The fourth-order valence-electron chi connectivity index (χ4n) is 2.45. The number of ether oxygens (including phenoxy) is 1. The van der Waals surface area contributed by atoms with E-state index in [-0.39, 0.29) is 31.0 Å². The molecule has 1 aliphatic heterocycles. The van der Waals surface area contributed by atoms with Gasteiger partial charge >= 0.3 is 5.97 Å². The number of amides is 1. The third-order valence-corrected chi connectivity index (χ3v) is 6.22. The second kappa shape index (κ2) is 6.90. The van der Waals surface area contributed by atoms with Gasteiger partial charge in [-0.15, -0.1) is 0 Å². The van der Waals surface area contributed by atoms with E-state index in [9.17, 15) is 23.1 Å². The Kier molecular flexibility index (Phi) is 5.29. The van der Waals surface area contributed by atoms with Gasteiger partial charge in [0.25, 0.3) is 0 Å². The summed E-state index contributed by atoms with van der Waals surface area (Å²) in [4.78, 5) is 23.7. The van der Waals surface area contributed by atoms with Crippen LogP contribution in [0.2, 0.25) is 0 Å². The lowest BCUT2D eigenvalue weighted by Crippen LogP contribution is -2.55. The van der Waals surface area contributed by atoms with Crippen LogP contribution in [0.25, 0.3) is 0 Å². The molecule has 1 aromatic rings. The molecule has 8 heteroatoms. The van der Waals surface area contributed by atoms with Crippen molar-refractivity contribution in [2.75, 3.05) is 13.2 Å². The summed E-state index contributed by atoms with van der Waals surface area (Å²) in [6, 6.07) is 6.05. The second-order valence-corrected chi connectivity index (χ2v) is 8.66. The standard InChI is InChI=1S/C16H21NO6S/c1-11(2)24(21,22)13-5-3-12(4-6-13)9-14(18)17-16(15(19)20)7-8-23-10-16/h3-6,11H,7-10H2,1-2H3,(H,17,18)(H,19,20). The molecule has 0 spiro atoms. The quantitative estimate of drug-likeness (QED) is 0.780. The van der Waals surface area contributed by atoms with Crippen LogP contribution < -0.4 is 5.32 Å². The molecule has 1 unspecified atom stereocenters. The Hall–Kier alpha value is -1.93. The van der Waals surface area contributed by atoms with E-state index < -0.39 is 32.5 Å². The Bertz CT molecular complexity index is 717. The zero-order valence-electron chi connectivity index (χ0n) is 13.6. The average molecular weight is 355 g/mol. The van der Waals surface area contributed by atoms with Crippen molar-refractivity contribution in [3.63, 3.8) is 0 Å². The molecule has 0 saturated carbocycles. The Morgan fingerprint density at radius 1 is 1.29 bits per heavy atom. The highest BCUT2D eigenvalue weighted by Crippen LogP contribution is 2.20. The zero-order valence-corrected chi connectivity index (χ0v) is 14.4. The van der Waals surface area contributed by atoms with E-state index in [1.54, 1.807) is 26.0 Å². The molecule has 0 aliphatic carbocycles. The second-order valence-electron chi connectivity index (χ2n) is 6.15. The van der Waals surface area contributed by atoms with Gasteiger partial charge in [-0.3, -0.25) is 4.79 Å². The van der Waals surface area contributed by atoms with Gasteiger partial charge in [-0.25, -0.2) is 13.2 Å². The first-order valence-electron chi connectivity index (χ1n) is 7.62. The molecule has 1 heterocycles. The van der Waals surface area contributed by atoms with Crippen LogP contribution >= 0.6 is 0 Å². The van der Waals surface area contributed by atoms with Crippen molar-refractivity contribution in [2.24, 2.45) is 0 Å². The van der Waals surface area contributed by atoms with Gasteiger partial charge in [0.05, 0.1) is 23.2 Å². The number of carboxylic acids is 1. The number of hydrogen-bond donors (Lipinski definition) is 2. The van der Waals surface area contributed by atoms with Crippen molar-refractivity contribution < 1.29 is 27.9 Å². The minimum atomic E-state index is -3.36. The minimum Gasteiger partial charge on any atom is -0.479 e. The largest absolute Gasteiger partial charge is 0.479 e. The highest BCUT2D eigenvalue weighted by Gasteiger charge is 2.43. The van der Waals surface area contributed by atoms with Crippen LogP contribution in [0, 0.1) is 0 Å². The van der Waals surface area contributed by atoms with E-state index >= 15 is 0 Å². The molecule has 1 saturated heterocycles. The minimum absolute atomic E-state index is 0.0307. The van der Waals surface area contributed by atoms with Gasteiger partial charge in [0.2, 0.25) is 5.91 Å². The van der Waals surface area contributed by atoms with Gasteiger partial charge < -0.3 is 15.2 Å². The van der Waals surface area contributed by atoms with E-state index in [0.29, 0.717) is 5.56 Å². The third-order valence-electron chi connectivity index (χ3n) is 4.05. The molecule has 2 rings (SSSR count). The van der Waals surface area contributed by atoms with Gasteiger partial charge in [-0.05, 0) is 31.5 Å². The monoisotopic (exact) mass is 355 g/mol. The Balaban J connectivity index is 2.06. The molecular weight excluding hydrogens is 334 g/mol. The van der Waals surface area contributed by atoms with E-state index in [0.717, 1.165) is 0 Å². The zero-order chi connectivity index (χ0) is 18.0. The summed E-state index contributed by atoms with van der Waals surface area (Å²) >= 11 is 0. The summed E-state index contributed by atoms with van der Waals surface area (Å²) in [6.45, 7) is 3.44. The molecule has 132 valence electrons. The highest BCUT2D eigenvalue weighted by molar-refractivity contribution is 7.92. The number of carbonyl (C=O) groups is 2. The predicted octanol–water partition coefficient (Wildman–Crippen LogP) is 0.771. The van der Waals surface area contributed by atoms with Gasteiger partial charge in [-0.2, -0.15) is 0 Å². The number of benzene rings is 1. The predicted molar refractivity (Wildman–Crippen MR) is 86.4 cm³/mol. The lowest BCUT2D eigenvalue weighted by molar-refractivity contribution is -0.147. The van der Waals surface area contributed by atoms with E-state index in [2.05, 4.69) is 5.32 Å². The van der Waals surface area contributed by atoms with Crippen LogP contribution in [0.3, 0.4) is 0 Å². The Morgan fingerprint density at radius 2 is 1.92 bits per heavy atom. The van der Waals surface area contributed by atoms with Crippen molar-refractivity contribution >= 4 is 21.7 Å². The van der Waals surface area contributed by atoms with Crippen LogP contribution in [0.5, 0.6) is 0 Å². The van der Waals surface area contributed by atoms with Crippen molar-refractivity contribution in [2.45, 2.75) is 42.4 Å². The highest BCUT2D eigenvalue weighted by atomic mass is 32.2. The molecule has 1 atom stereocenters. The van der Waals surface area contributed by atoms with Crippen molar-refractivity contribution in [1.82, 2.24) is 5.32 Å². The summed E-state index contributed by atoms with van der Waals surface area (Å²) in [5, 5.41) is 11.3. The summed E-state index contributed by atoms with van der Waals surface area (Å²) in [6.07, 6.45) is 0.191. The lowest BCUT2D eigenvalue weighted by atomic mass is 9.98. The lowest BCUT2D eigenvalue weighted by Gasteiger charge is -2.23. The van der Waals surface area contributed by atoms with E-state index in [1.807, 2.05) is 0 Å². The molecule has 0 bridgehead atoms.